The van der Waals surface area contributed by atoms with E-state index >= 15 is 0 Å². The lowest BCUT2D eigenvalue weighted by atomic mass is 10.2. The maximum absolute atomic E-state index is 12.2. The number of carbonyl (C=O) groups excluding carboxylic acids is 2. The minimum atomic E-state index is -0.763. The van der Waals surface area contributed by atoms with Gasteiger partial charge in [-0.1, -0.05) is 31.2 Å². The molecule has 0 saturated carbocycles. The van der Waals surface area contributed by atoms with Crippen molar-refractivity contribution < 1.29 is 28.5 Å². The second-order valence-corrected chi connectivity index (χ2v) is 5.90. The summed E-state index contributed by atoms with van der Waals surface area (Å²) in [6, 6.07) is 14.3. The van der Waals surface area contributed by atoms with E-state index in [0.29, 0.717) is 23.7 Å². The van der Waals surface area contributed by atoms with E-state index in [1.807, 2.05) is 31.2 Å². The zero-order chi connectivity index (χ0) is 20.4. The molecular weight excluding hydrogens is 362 g/mol. The zero-order valence-corrected chi connectivity index (χ0v) is 16.3. The van der Waals surface area contributed by atoms with E-state index in [0.717, 1.165) is 5.56 Å². The van der Waals surface area contributed by atoms with Gasteiger partial charge in [0.2, 0.25) is 0 Å². The van der Waals surface area contributed by atoms with Crippen molar-refractivity contribution in [3.63, 3.8) is 0 Å². The Morgan fingerprint density at radius 3 is 2.36 bits per heavy atom. The third kappa shape index (κ3) is 6.19. The van der Waals surface area contributed by atoms with Crippen molar-refractivity contribution in [2.24, 2.45) is 0 Å². The summed E-state index contributed by atoms with van der Waals surface area (Å²) in [6.07, 6.45) is -0.331. The molecule has 0 aliphatic carbocycles. The van der Waals surface area contributed by atoms with E-state index in [1.54, 1.807) is 38.5 Å². The maximum Gasteiger partial charge on any atom is 0.347 e. The lowest BCUT2D eigenvalue weighted by Crippen LogP contribution is -2.33. The molecule has 1 atom stereocenters. The zero-order valence-electron chi connectivity index (χ0n) is 16.3. The summed E-state index contributed by atoms with van der Waals surface area (Å²) in [7, 11) is 3.10. The van der Waals surface area contributed by atoms with Gasteiger partial charge in [-0.15, -0.1) is 0 Å². The van der Waals surface area contributed by atoms with Crippen LogP contribution in [0.15, 0.2) is 48.5 Å². The molecule has 0 saturated heterocycles. The van der Waals surface area contributed by atoms with Gasteiger partial charge in [-0.25, -0.2) is 4.79 Å². The third-order valence-corrected chi connectivity index (χ3v) is 3.94. The Hall–Kier alpha value is -3.22. The number of nitrogens with one attached hydrogen (secondary N) is 1. The highest BCUT2D eigenvalue weighted by Gasteiger charge is 2.21. The van der Waals surface area contributed by atoms with E-state index in [1.165, 1.54) is 0 Å². The molecule has 0 heterocycles. The second kappa shape index (κ2) is 10.8. The molecule has 2 aromatic carbocycles. The Morgan fingerprint density at radius 1 is 1.00 bits per heavy atom. The first-order valence-corrected chi connectivity index (χ1v) is 8.93. The molecule has 2 rings (SSSR count). The number of rotatable bonds is 10. The Labute approximate surface area is 164 Å². The van der Waals surface area contributed by atoms with E-state index < -0.39 is 18.0 Å². The first kappa shape index (κ1) is 21.1. The number of hydrogen-bond acceptors (Lipinski definition) is 6. The van der Waals surface area contributed by atoms with Gasteiger partial charge < -0.3 is 24.3 Å². The predicted octanol–water partition coefficient (Wildman–Crippen LogP) is 2.72. The summed E-state index contributed by atoms with van der Waals surface area (Å²) < 4.78 is 21.1. The Kier molecular flexibility index (Phi) is 8.14. The molecule has 0 aliphatic rings. The molecular formula is C21H25NO6. The number of carbonyl (C=O) groups is 2. The van der Waals surface area contributed by atoms with Crippen LogP contribution in [0.3, 0.4) is 0 Å². The van der Waals surface area contributed by atoms with Crippen molar-refractivity contribution in [3.8, 4) is 17.2 Å². The van der Waals surface area contributed by atoms with Gasteiger partial charge in [-0.05, 0) is 36.2 Å². The van der Waals surface area contributed by atoms with Crippen LogP contribution >= 0.6 is 0 Å². The summed E-state index contributed by atoms with van der Waals surface area (Å²) in [6.45, 7) is 1.71. The molecule has 1 amide bonds. The predicted molar refractivity (Wildman–Crippen MR) is 104 cm³/mol. The molecule has 0 aromatic heterocycles. The topological polar surface area (TPSA) is 83.1 Å². The molecule has 0 bridgehead atoms. The van der Waals surface area contributed by atoms with Gasteiger partial charge in [0.1, 0.15) is 5.75 Å². The minimum absolute atomic E-state index is 0.272. The molecule has 0 aliphatic heterocycles. The largest absolute Gasteiger partial charge is 0.493 e. The standard InChI is InChI=1S/C21H25NO6/c1-4-17(28-16-8-6-5-7-9-16)21(24)27-14-20(23)22-13-15-10-11-18(25-2)19(12-15)26-3/h5-12,17H,4,13-14H2,1-3H3,(H,22,23)/t17-/m1/s1. The van der Waals surface area contributed by atoms with Crippen LogP contribution in [0.5, 0.6) is 17.2 Å². The van der Waals surface area contributed by atoms with Crippen LogP contribution in [0.4, 0.5) is 0 Å². The molecule has 28 heavy (non-hydrogen) atoms. The molecule has 0 spiro atoms. The number of amides is 1. The lowest BCUT2D eigenvalue weighted by Gasteiger charge is -2.16. The molecule has 1 N–H and O–H groups in total. The van der Waals surface area contributed by atoms with Gasteiger partial charge in [0.25, 0.3) is 5.91 Å². The van der Waals surface area contributed by atoms with Crippen LogP contribution in [0.25, 0.3) is 0 Å². The number of esters is 1. The van der Waals surface area contributed by atoms with Gasteiger partial charge in [0.15, 0.2) is 24.2 Å². The average molecular weight is 387 g/mol. The van der Waals surface area contributed by atoms with Crippen molar-refractivity contribution in [1.29, 1.82) is 0 Å². The average Bonchev–Trinajstić information content (AvgIpc) is 2.74. The summed E-state index contributed by atoms with van der Waals surface area (Å²) in [5.74, 6) is 0.773. The SMILES string of the molecule is CC[C@@H](Oc1ccccc1)C(=O)OCC(=O)NCc1ccc(OC)c(OC)c1. The fourth-order valence-electron chi connectivity index (χ4n) is 2.43. The number of hydrogen-bond donors (Lipinski definition) is 1. The molecule has 0 fully saturated rings. The van der Waals surface area contributed by atoms with Crippen LogP contribution in [-0.2, 0) is 20.9 Å². The summed E-state index contributed by atoms with van der Waals surface area (Å²) in [5.41, 5.74) is 0.830. The Bertz CT molecular complexity index is 778. The molecule has 150 valence electrons. The number of benzene rings is 2. The van der Waals surface area contributed by atoms with Gasteiger partial charge in [0, 0.05) is 6.54 Å². The first-order valence-electron chi connectivity index (χ1n) is 8.93. The van der Waals surface area contributed by atoms with Gasteiger partial charge >= 0.3 is 5.97 Å². The molecule has 0 unspecified atom stereocenters. The molecule has 7 heteroatoms. The van der Waals surface area contributed by atoms with Crippen LogP contribution in [0.1, 0.15) is 18.9 Å². The highest BCUT2D eigenvalue weighted by atomic mass is 16.6. The third-order valence-electron chi connectivity index (χ3n) is 3.94. The second-order valence-electron chi connectivity index (χ2n) is 5.90. The highest BCUT2D eigenvalue weighted by Crippen LogP contribution is 2.27. The Morgan fingerprint density at radius 2 is 1.71 bits per heavy atom. The number of ether oxygens (including phenoxy) is 4. The quantitative estimate of drug-likeness (QED) is 0.631. The van der Waals surface area contributed by atoms with Crippen LogP contribution in [-0.4, -0.2) is 38.8 Å². The van der Waals surface area contributed by atoms with E-state index in [9.17, 15) is 9.59 Å². The van der Waals surface area contributed by atoms with Crippen molar-refractivity contribution in [1.82, 2.24) is 5.32 Å². The van der Waals surface area contributed by atoms with Crippen LogP contribution in [0, 0.1) is 0 Å². The van der Waals surface area contributed by atoms with E-state index in [-0.39, 0.29) is 13.2 Å². The van der Waals surface area contributed by atoms with E-state index in [4.69, 9.17) is 18.9 Å². The summed E-state index contributed by atoms with van der Waals surface area (Å²) >= 11 is 0. The maximum atomic E-state index is 12.2. The molecule has 7 nitrogen and oxygen atoms in total. The highest BCUT2D eigenvalue weighted by molar-refractivity contribution is 5.82. The molecule has 0 radical (unpaired) electrons. The van der Waals surface area contributed by atoms with Crippen LogP contribution < -0.4 is 19.5 Å². The minimum Gasteiger partial charge on any atom is -0.493 e. The van der Waals surface area contributed by atoms with Gasteiger partial charge in [0.05, 0.1) is 14.2 Å². The fourth-order valence-corrected chi connectivity index (χ4v) is 2.43. The monoisotopic (exact) mass is 387 g/mol. The van der Waals surface area contributed by atoms with Crippen LogP contribution in [0.2, 0.25) is 0 Å². The summed E-state index contributed by atoms with van der Waals surface area (Å²) in [5, 5.41) is 2.70. The van der Waals surface area contributed by atoms with Crippen molar-refractivity contribution in [2.75, 3.05) is 20.8 Å². The van der Waals surface area contributed by atoms with Crippen molar-refractivity contribution >= 4 is 11.9 Å². The van der Waals surface area contributed by atoms with Gasteiger partial charge in [-0.3, -0.25) is 4.79 Å². The number of para-hydroxylation sites is 1. The first-order chi connectivity index (χ1) is 13.6. The Balaban J connectivity index is 1.80. The van der Waals surface area contributed by atoms with E-state index in [2.05, 4.69) is 5.32 Å². The smallest absolute Gasteiger partial charge is 0.347 e. The normalized spacial score (nSPS) is 11.2. The van der Waals surface area contributed by atoms with Crippen molar-refractivity contribution in [2.45, 2.75) is 26.0 Å². The lowest BCUT2D eigenvalue weighted by molar-refractivity contribution is -0.155. The number of methoxy groups -OCH3 is 2. The van der Waals surface area contributed by atoms with Crippen molar-refractivity contribution in [3.05, 3.63) is 54.1 Å². The summed E-state index contributed by atoms with van der Waals surface area (Å²) in [4.78, 5) is 24.1. The fraction of sp³-hybridized carbons (Fsp3) is 0.333. The van der Waals surface area contributed by atoms with Gasteiger partial charge in [-0.2, -0.15) is 0 Å². The molecule has 2 aromatic rings.